The van der Waals surface area contributed by atoms with Gasteiger partial charge in [0.15, 0.2) is 31.4 Å². The highest BCUT2D eigenvalue weighted by Crippen LogP contribution is 2.42. The lowest BCUT2D eigenvalue weighted by Crippen LogP contribution is -2.35. The number of alkyl carbamates (subject to hydrolysis) is 1. The van der Waals surface area contributed by atoms with E-state index in [0.29, 0.717) is 92.8 Å². The smallest absolute Gasteiger partial charge is 0.408 e. The molecule has 0 saturated carbocycles. The molecule has 5 aliphatic heterocycles. The third-order valence-electron chi connectivity index (χ3n) is 18.5. The van der Waals surface area contributed by atoms with Crippen LogP contribution in [0.4, 0.5) is 4.79 Å². The summed E-state index contributed by atoms with van der Waals surface area (Å²) < 4.78 is 38.4. The van der Waals surface area contributed by atoms with Crippen molar-refractivity contribution in [1.82, 2.24) is 15.5 Å². The fourth-order valence-corrected chi connectivity index (χ4v) is 18.3. The minimum atomic E-state index is -0.676. The van der Waals surface area contributed by atoms with Gasteiger partial charge < -0.3 is 49.3 Å². The number of nitrogens with zero attached hydrogens (tertiary/aromatic N) is 1. The molecule has 5 atom stereocenters. The monoisotopic (exact) mass is 1810 g/mol. The van der Waals surface area contributed by atoms with E-state index < -0.39 is 36.2 Å². The second-order valence-corrected chi connectivity index (χ2v) is 34.7. The number of benzene rings is 7. The molecule has 17 rings (SSSR count). The van der Waals surface area contributed by atoms with Gasteiger partial charge in [-0.15, -0.1) is 56.7 Å². The van der Waals surface area contributed by atoms with Crippen LogP contribution in [0.15, 0.2) is 227 Å². The van der Waals surface area contributed by atoms with Crippen LogP contribution in [-0.4, -0.2) is 97.5 Å². The molecule has 0 spiro atoms. The van der Waals surface area contributed by atoms with Crippen LogP contribution in [0.5, 0.6) is 0 Å². The SMILES string of the molecule is CC(C)(C)OC(=O)NC(c1cccc(Cl)c1)c1csc(C=O)c1.CCC(c1cccc(Cl)c1)c1csc(C=O)c1.NC(c1cccc(Cl)c1)c1csc(C2OCCO2)c1.NN.O=C1NC(=O)c2ccccc21.O=C1c2ccccc2C(=O)N1C(c1cccc(Cl)c1)c1csc(C2OCCO2)c1.OC(c1cccc(Cl)c1)c1csc(C2OCCO2)c1. The van der Waals surface area contributed by atoms with Crippen LogP contribution in [-0.2, 0) is 33.2 Å². The maximum absolute atomic E-state index is 13.2. The number of hydrazine groups is 1. The highest BCUT2D eigenvalue weighted by atomic mass is 35.5. The number of fused-ring (bicyclic) bond motifs is 2. The van der Waals surface area contributed by atoms with Crippen LogP contribution in [0, 0.1) is 0 Å². The Bertz CT molecular complexity index is 5330. The summed E-state index contributed by atoms with van der Waals surface area (Å²) in [6.45, 7) is 11.2. The molecule has 10 heterocycles. The number of aldehydes is 2. The van der Waals surface area contributed by atoms with Gasteiger partial charge in [-0.2, -0.15) is 0 Å². The standard InChI is InChI=1S/C22H16ClNO4S.C17H18ClNO3S.C14H14ClNO2S.C14H13ClO3S.C14H13ClOS.C8H5NO2.H4N2/c23-15-5-3-4-13(10-15)19(14-11-18(29-12-14)22-27-8-9-28-22)24-20(25)16-6-1-2-7-17(16)21(24)26;1-17(2,3)22-16(21)19-15(11-5-4-6-13(18)7-11)12-8-14(9-20)23-10-12;2*15-11-3-1-2-9(6-11)13(16)10-7-12(19-8-10)14-17-4-5-18-14;1-2-14(10-4-3-5-12(15)6-10)11-7-13(8-16)17-9-11;10-7-5-3-1-2-4-6(5)8(11)9-7;1-2/h1-7,10-12,19,22H,8-9H2;4-10,15H,1-3H3,(H,19,21);1-3,6-8,13-14H,4-5,16H2;1-3,6-8,13-14,16H,4-5H2;3-9,14H,2H2,1H3;1-4H,(H,9,10,11);1-2H2. The Morgan fingerprint density at radius 3 is 1.30 bits per heavy atom. The third kappa shape index (κ3) is 24.4. The molecule has 624 valence electrons. The molecule has 0 bridgehead atoms. The van der Waals surface area contributed by atoms with E-state index in [1.165, 1.54) is 61.4 Å². The molecule has 0 aliphatic carbocycles. The molecule has 3 saturated heterocycles. The number of amides is 5. The first-order chi connectivity index (χ1) is 57.9. The van der Waals surface area contributed by atoms with Gasteiger partial charge in [-0.05, 0) is 225 Å². The van der Waals surface area contributed by atoms with Crippen LogP contribution in [0.1, 0.15) is 214 Å². The molecule has 5 amide bonds. The first kappa shape index (κ1) is 91.7. The van der Waals surface area contributed by atoms with Crippen molar-refractivity contribution in [2.45, 2.75) is 88.7 Å². The second kappa shape index (κ2) is 44.2. The van der Waals surface area contributed by atoms with Crippen molar-refractivity contribution in [2.24, 2.45) is 17.4 Å². The first-order valence-corrected chi connectivity index (χ1v) is 43.7. The lowest BCUT2D eigenvalue weighted by molar-refractivity contribution is -0.0416. The van der Waals surface area contributed by atoms with E-state index in [4.69, 9.17) is 96.9 Å². The quantitative estimate of drug-likeness (QED) is 0.0201. The molecule has 3 fully saturated rings. The van der Waals surface area contributed by atoms with E-state index in [0.717, 1.165) is 88.0 Å². The maximum Gasteiger partial charge on any atom is 0.408 e. The maximum atomic E-state index is 13.2. The van der Waals surface area contributed by atoms with E-state index in [2.05, 4.69) is 40.7 Å². The summed E-state index contributed by atoms with van der Waals surface area (Å²) in [6, 6.07) is 59.3. The summed E-state index contributed by atoms with van der Waals surface area (Å²) in [5.41, 5.74) is 16.7. The van der Waals surface area contributed by atoms with Gasteiger partial charge in [0.2, 0.25) is 0 Å². The molecule has 5 aromatic heterocycles. The number of aliphatic hydroxyl groups excluding tert-OH is 1. The van der Waals surface area contributed by atoms with Crippen molar-refractivity contribution in [3.05, 3.63) is 354 Å². The summed E-state index contributed by atoms with van der Waals surface area (Å²) in [5.74, 6) is 7.10. The number of nitrogens with one attached hydrogen (secondary N) is 2. The molecule has 9 N–H and O–H groups in total. The van der Waals surface area contributed by atoms with Crippen LogP contribution in [0.3, 0.4) is 0 Å². The minimum Gasteiger partial charge on any atom is -0.444 e. The average molecular weight is 1810 g/mol. The summed E-state index contributed by atoms with van der Waals surface area (Å²) in [6.07, 6.45) is 0.559. The lowest BCUT2D eigenvalue weighted by atomic mass is 9.91. The van der Waals surface area contributed by atoms with Crippen molar-refractivity contribution in [2.75, 3.05) is 39.6 Å². The van der Waals surface area contributed by atoms with E-state index in [1.54, 1.807) is 123 Å². The fourth-order valence-electron chi connectivity index (χ4n) is 13.0. The zero-order valence-corrected chi connectivity index (χ0v) is 72.8. The van der Waals surface area contributed by atoms with E-state index in [-0.39, 0.29) is 42.3 Å². The van der Waals surface area contributed by atoms with E-state index >= 15 is 0 Å². The number of thiophene rings is 5. The minimum absolute atomic E-state index is 0.176. The van der Waals surface area contributed by atoms with Crippen LogP contribution < -0.4 is 28.1 Å². The van der Waals surface area contributed by atoms with Crippen LogP contribution in [0.25, 0.3) is 0 Å². The first-order valence-electron chi connectivity index (χ1n) is 37.4. The van der Waals surface area contributed by atoms with Gasteiger partial charge in [0.25, 0.3) is 23.6 Å². The number of carbonyl (C=O) groups excluding carboxylic acids is 7. The molecule has 7 aromatic carbocycles. The van der Waals surface area contributed by atoms with Crippen molar-refractivity contribution < 1.29 is 71.8 Å². The van der Waals surface area contributed by atoms with Gasteiger partial charge in [0, 0.05) is 31.0 Å². The summed E-state index contributed by atoms with van der Waals surface area (Å²) >= 11 is 37.7. The topological polar surface area (TPSA) is 310 Å². The molecular formula is C89H83Cl5N6O15S5. The molecule has 5 unspecified atom stereocenters. The summed E-state index contributed by atoms with van der Waals surface area (Å²) in [5, 5.41) is 28.4. The third-order valence-corrected chi connectivity index (χ3v) is 24.3. The van der Waals surface area contributed by atoms with Crippen molar-refractivity contribution in [3.63, 3.8) is 0 Å². The second-order valence-electron chi connectivity index (χ2n) is 27.8. The lowest BCUT2D eigenvalue weighted by Gasteiger charge is -2.26. The van der Waals surface area contributed by atoms with Crippen LogP contribution >= 0.6 is 115 Å². The number of hydrogen-bond donors (Lipinski definition) is 6. The zero-order valence-electron chi connectivity index (χ0n) is 64.9. The number of imide groups is 2. The van der Waals surface area contributed by atoms with Gasteiger partial charge in [0.1, 0.15) is 11.7 Å². The number of rotatable bonds is 18. The largest absolute Gasteiger partial charge is 0.444 e. The Kier molecular flexibility index (Phi) is 33.8. The summed E-state index contributed by atoms with van der Waals surface area (Å²) in [4.78, 5) is 87.6. The van der Waals surface area contributed by atoms with E-state index in [9.17, 15) is 38.7 Å². The van der Waals surface area contributed by atoms with Crippen molar-refractivity contribution in [1.29, 1.82) is 0 Å². The van der Waals surface area contributed by atoms with Gasteiger partial charge in [-0.25, -0.2) is 4.79 Å². The number of hydrogen-bond acceptors (Lipinski definition) is 23. The Balaban J connectivity index is 0.000000143. The number of nitrogens with two attached hydrogens (primary N) is 3. The Morgan fingerprint density at radius 2 is 0.842 bits per heavy atom. The van der Waals surface area contributed by atoms with Crippen LogP contribution in [0.2, 0.25) is 25.1 Å². The average Bonchev–Trinajstić information content (AvgIpc) is 1.59. The molecular weight excluding hydrogens is 1730 g/mol. The number of aliphatic hydroxyl groups is 1. The Morgan fingerprint density at radius 1 is 0.475 bits per heavy atom. The molecule has 5 aliphatic rings. The Labute approximate surface area is 738 Å². The number of ether oxygens (including phenoxy) is 7. The van der Waals surface area contributed by atoms with Gasteiger partial charge in [-0.3, -0.25) is 50.7 Å². The van der Waals surface area contributed by atoms with Crippen molar-refractivity contribution >= 4 is 157 Å². The number of carbonyl (C=O) groups is 7. The highest BCUT2D eigenvalue weighted by molar-refractivity contribution is 7.12. The van der Waals surface area contributed by atoms with Gasteiger partial charge in [-0.1, -0.05) is 150 Å². The highest BCUT2D eigenvalue weighted by Gasteiger charge is 2.42. The zero-order chi connectivity index (χ0) is 85.6. The predicted molar refractivity (Wildman–Crippen MR) is 472 cm³/mol. The molecule has 120 heavy (non-hydrogen) atoms. The molecule has 31 heteroatoms. The van der Waals surface area contributed by atoms with Crippen molar-refractivity contribution in [3.8, 4) is 0 Å². The van der Waals surface area contributed by atoms with Gasteiger partial charge >= 0.3 is 6.09 Å². The molecule has 0 radical (unpaired) electrons. The molecule has 21 nitrogen and oxygen atoms in total. The molecule has 12 aromatic rings. The fraction of sp³-hybridized carbons (Fsp3) is 0.225. The Hall–Kier alpha value is -9.02. The summed E-state index contributed by atoms with van der Waals surface area (Å²) in [7, 11) is 0. The van der Waals surface area contributed by atoms with Gasteiger partial charge in [0.05, 0.1) is 104 Å². The number of halogens is 5. The predicted octanol–water partition coefficient (Wildman–Crippen LogP) is 20.8. The normalized spacial score (nSPS) is 15.5. The van der Waals surface area contributed by atoms with E-state index in [1.807, 2.05) is 125 Å².